The van der Waals surface area contributed by atoms with E-state index in [0.29, 0.717) is 4.77 Å². The average Bonchev–Trinajstić information content (AvgIpc) is 3.12. The molecule has 0 radical (unpaired) electrons. The SMILES string of the molecule is Cc1ccc(-n2cc([C@@H]3OC[C@H]4OS(=O)(=O)O[C@H]43)n(C)c2=S)cc1. The van der Waals surface area contributed by atoms with Gasteiger partial charge in [-0.15, -0.1) is 0 Å². The summed E-state index contributed by atoms with van der Waals surface area (Å²) in [6, 6.07) is 7.97. The summed E-state index contributed by atoms with van der Waals surface area (Å²) in [5.41, 5.74) is 2.83. The van der Waals surface area contributed by atoms with Gasteiger partial charge in [0.05, 0.1) is 12.3 Å². The zero-order chi connectivity index (χ0) is 17.1. The maximum atomic E-state index is 11.5. The Labute approximate surface area is 144 Å². The van der Waals surface area contributed by atoms with Gasteiger partial charge in [-0.3, -0.25) is 4.57 Å². The Hall–Kier alpha value is -1.52. The third kappa shape index (κ3) is 2.52. The van der Waals surface area contributed by atoms with Crippen molar-refractivity contribution in [2.24, 2.45) is 7.05 Å². The highest BCUT2D eigenvalue weighted by Gasteiger charge is 2.51. The second-order valence-electron chi connectivity index (χ2n) is 5.96. The van der Waals surface area contributed by atoms with Crippen LogP contribution in [-0.2, 0) is 30.5 Å². The van der Waals surface area contributed by atoms with Crippen LogP contribution in [0.25, 0.3) is 5.69 Å². The highest BCUT2D eigenvalue weighted by molar-refractivity contribution is 7.82. The molecule has 0 bridgehead atoms. The largest absolute Gasteiger partial charge is 0.400 e. The van der Waals surface area contributed by atoms with Crippen LogP contribution in [0.15, 0.2) is 30.5 Å². The van der Waals surface area contributed by atoms with Gasteiger partial charge in [0, 0.05) is 18.9 Å². The number of hydrogen-bond donors (Lipinski definition) is 0. The van der Waals surface area contributed by atoms with Gasteiger partial charge in [0.15, 0.2) is 4.77 Å². The maximum absolute atomic E-state index is 11.5. The van der Waals surface area contributed by atoms with E-state index < -0.39 is 28.7 Å². The molecule has 7 nitrogen and oxygen atoms in total. The molecule has 0 spiro atoms. The van der Waals surface area contributed by atoms with Crippen LogP contribution in [0.5, 0.6) is 0 Å². The fourth-order valence-corrected chi connectivity index (χ4v) is 4.32. The third-order valence-corrected chi connectivity index (χ3v) is 5.73. The van der Waals surface area contributed by atoms with Gasteiger partial charge >= 0.3 is 10.4 Å². The molecule has 3 atom stereocenters. The molecule has 1 aromatic heterocycles. The Bertz CT molecular complexity index is 945. The lowest BCUT2D eigenvalue weighted by atomic mass is 10.1. The van der Waals surface area contributed by atoms with Gasteiger partial charge in [-0.2, -0.15) is 8.42 Å². The maximum Gasteiger partial charge on any atom is 0.400 e. The number of imidazole rings is 1. The van der Waals surface area contributed by atoms with Crippen molar-refractivity contribution in [2.45, 2.75) is 25.2 Å². The molecule has 2 fully saturated rings. The molecule has 128 valence electrons. The minimum absolute atomic E-state index is 0.164. The Morgan fingerprint density at radius 2 is 1.92 bits per heavy atom. The van der Waals surface area contributed by atoms with Gasteiger partial charge in [0.2, 0.25) is 0 Å². The van der Waals surface area contributed by atoms with Gasteiger partial charge < -0.3 is 9.30 Å². The highest BCUT2D eigenvalue weighted by Crippen LogP contribution is 2.39. The third-order valence-electron chi connectivity index (χ3n) is 4.32. The molecule has 0 amide bonds. The molecular weight excluding hydrogens is 352 g/mol. The zero-order valence-electron chi connectivity index (χ0n) is 13.1. The van der Waals surface area contributed by atoms with Crippen molar-refractivity contribution in [1.29, 1.82) is 0 Å². The van der Waals surface area contributed by atoms with Crippen LogP contribution in [0.1, 0.15) is 17.4 Å². The van der Waals surface area contributed by atoms with E-state index in [-0.39, 0.29) is 6.61 Å². The van der Waals surface area contributed by atoms with E-state index in [1.165, 1.54) is 0 Å². The molecule has 9 heteroatoms. The molecule has 2 aliphatic heterocycles. The Kier molecular flexibility index (Phi) is 3.66. The van der Waals surface area contributed by atoms with Crippen molar-refractivity contribution in [3.05, 3.63) is 46.5 Å². The van der Waals surface area contributed by atoms with Crippen LogP contribution in [-0.4, -0.2) is 36.4 Å². The van der Waals surface area contributed by atoms with Crippen LogP contribution in [0, 0.1) is 11.7 Å². The van der Waals surface area contributed by atoms with Gasteiger partial charge in [-0.1, -0.05) is 17.7 Å². The van der Waals surface area contributed by atoms with Crippen molar-refractivity contribution in [1.82, 2.24) is 9.13 Å². The minimum atomic E-state index is -3.94. The van der Waals surface area contributed by atoms with E-state index in [4.69, 9.17) is 25.3 Å². The van der Waals surface area contributed by atoms with Gasteiger partial charge in [-0.25, -0.2) is 8.37 Å². The molecule has 2 saturated heterocycles. The molecular formula is C15H16N2O5S2. The highest BCUT2D eigenvalue weighted by atomic mass is 32.3. The van der Waals surface area contributed by atoms with Crippen LogP contribution >= 0.6 is 12.2 Å². The van der Waals surface area contributed by atoms with Gasteiger partial charge in [0.25, 0.3) is 0 Å². The van der Waals surface area contributed by atoms with E-state index in [2.05, 4.69) is 0 Å². The molecule has 0 unspecified atom stereocenters. The summed E-state index contributed by atoms with van der Waals surface area (Å²) in [5, 5.41) is 0. The smallest absolute Gasteiger partial charge is 0.366 e. The van der Waals surface area contributed by atoms with E-state index in [0.717, 1.165) is 16.9 Å². The van der Waals surface area contributed by atoms with Crippen molar-refractivity contribution >= 4 is 22.6 Å². The van der Waals surface area contributed by atoms with Crippen molar-refractivity contribution < 1.29 is 21.5 Å². The van der Waals surface area contributed by atoms with Crippen molar-refractivity contribution in [3.63, 3.8) is 0 Å². The monoisotopic (exact) mass is 368 g/mol. The molecule has 0 saturated carbocycles. The standard InChI is InChI=1S/C15H16N2O5S2/c1-9-3-5-10(6-4-9)17-7-11(16(2)15(17)23)13-14-12(8-20-13)21-24(18,19)22-14/h3-7,12-14H,8H2,1-2H3/t12-,13+,14-/m1/s1. The molecule has 2 aromatic rings. The fourth-order valence-electron chi connectivity index (χ4n) is 3.04. The Morgan fingerprint density at radius 1 is 1.21 bits per heavy atom. The van der Waals surface area contributed by atoms with Crippen molar-refractivity contribution in [3.8, 4) is 5.69 Å². The molecule has 4 rings (SSSR count). The quantitative estimate of drug-likeness (QED) is 0.755. The number of aromatic nitrogens is 2. The molecule has 0 aliphatic carbocycles. The lowest BCUT2D eigenvalue weighted by molar-refractivity contribution is 0.0497. The first kappa shape index (κ1) is 16.0. The Morgan fingerprint density at radius 3 is 2.62 bits per heavy atom. The molecule has 3 heterocycles. The molecule has 0 N–H and O–H groups in total. The lowest BCUT2D eigenvalue weighted by Crippen LogP contribution is -2.23. The van der Waals surface area contributed by atoms with Gasteiger partial charge in [-0.05, 0) is 31.3 Å². The van der Waals surface area contributed by atoms with Crippen LogP contribution in [0.3, 0.4) is 0 Å². The van der Waals surface area contributed by atoms with Gasteiger partial charge in [0.1, 0.15) is 18.3 Å². The summed E-state index contributed by atoms with van der Waals surface area (Å²) >= 11 is 5.51. The van der Waals surface area contributed by atoms with Crippen molar-refractivity contribution in [2.75, 3.05) is 6.61 Å². The average molecular weight is 368 g/mol. The summed E-state index contributed by atoms with van der Waals surface area (Å²) in [6.45, 7) is 2.18. The zero-order valence-corrected chi connectivity index (χ0v) is 14.7. The number of fused-ring (bicyclic) bond motifs is 1. The predicted octanol–water partition coefficient (Wildman–Crippen LogP) is 1.95. The van der Waals surface area contributed by atoms with Crippen LogP contribution in [0.4, 0.5) is 0 Å². The lowest BCUT2D eigenvalue weighted by Gasteiger charge is -2.14. The normalized spacial score (nSPS) is 28.2. The number of aryl methyl sites for hydroxylation is 1. The predicted molar refractivity (Wildman–Crippen MR) is 87.7 cm³/mol. The first-order valence-electron chi connectivity index (χ1n) is 7.44. The summed E-state index contributed by atoms with van der Waals surface area (Å²) in [7, 11) is -2.12. The number of hydrogen-bond acceptors (Lipinski definition) is 6. The van der Waals surface area contributed by atoms with E-state index >= 15 is 0 Å². The first-order chi connectivity index (χ1) is 11.4. The van der Waals surface area contributed by atoms with E-state index in [1.807, 2.05) is 49.0 Å². The number of nitrogens with zero attached hydrogens (tertiary/aromatic N) is 2. The summed E-state index contributed by atoms with van der Waals surface area (Å²) < 4.78 is 42.9. The van der Waals surface area contributed by atoms with E-state index in [1.54, 1.807) is 4.57 Å². The molecule has 2 aliphatic rings. The van der Waals surface area contributed by atoms with Crippen LogP contribution < -0.4 is 0 Å². The fraction of sp³-hybridized carbons (Fsp3) is 0.400. The van der Waals surface area contributed by atoms with E-state index in [9.17, 15) is 8.42 Å². The summed E-state index contributed by atoms with van der Waals surface area (Å²) in [6.07, 6.45) is 0.000351. The second-order valence-corrected chi connectivity index (χ2v) is 7.53. The number of rotatable bonds is 2. The topological polar surface area (TPSA) is 71.7 Å². The number of benzene rings is 1. The minimum Gasteiger partial charge on any atom is -0.366 e. The first-order valence-corrected chi connectivity index (χ1v) is 9.18. The summed E-state index contributed by atoms with van der Waals surface area (Å²) in [5.74, 6) is 0. The second kappa shape index (κ2) is 5.50. The Balaban J connectivity index is 1.74. The molecule has 24 heavy (non-hydrogen) atoms. The summed E-state index contributed by atoms with van der Waals surface area (Å²) in [4.78, 5) is 0. The number of ether oxygens (including phenoxy) is 1. The van der Waals surface area contributed by atoms with Crippen LogP contribution in [0.2, 0.25) is 0 Å². The molecule has 1 aromatic carbocycles.